The van der Waals surface area contributed by atoms with Crippen molar-refractivity contribution in [3.05, 3.63) is 34.8 Å². The molecule has 1 fully saturated rings. The number of hydrogen-bond acceptors (Lipinski definition) is 1. The van der Waals surface area contributed by atoms with E-state index in [1.807, 2.05) is 19.9 Å². The highest BCUT2D eigenvalue weighted by Gasteiger charge is 2.34. The number of rotatable bonds is 4. The second-order valence-electron chi connectivity index (χ2n) is 5.84. The highest BCUT2D eigenvalue weighted by atomic mass is 19.1. The van der Waals surface area contributed by atoms with Gasteiger partial charge in [-0.15, -0.1) is 0 Å². The van der Waals surface area contributed by atoms with Crippen LogP contribution in [0.25, 0.3) is 10.9 Å². The number of carboxylic acids is 1. The van der Waals surface area contributed by atoms with Gasteiger partial charge in [0.1, 0.15) is 5.82 Å². The van der Waals surface area contributed by atoms with Crippen LogP contribution in [0.4, 0.5) is 4.39 Å². The Morgan fingerprint density at radius 1 is 1.45 bits per heavy atom. The van der Waals surface area contributed by atoms with Crippen molar-refractivity contribution in [2.45, 2.75) is 39.0 Å². The topological polar surface area (TPSA) is 53.1 Å². The van der Waals surface area contributed by atoms with E-state index in [1.165, 1.54) is 6.07 Å². The van der Waals surface area contributed by atoms with E-state index in [1.54, 1.807) is 0 Å². The number of fused-ring (bicyclic) bond motifs is 1. The molecule has 2 N–H and O–H groups in total. The van der Waals surface area contributed by atoms with Gasteiger partial charge in [-0.1, -0.05) is 0 Å². The van der Waals surface area contributed by atoms with Crippen molar-refractivity contribution in [1.29, 1.82) is 0 Å². The van der Waals surface area contributed by atoms with Crippen LogP contribution >= 0.6 is 0 Å². The smallest absolute Gasteiger partial charge is 0.303 e. The van der Waals surface area contributed by atoms with Gasteiger partial charge in [0.15, 0.2) is 0 Å². The fourth-order valence-corrected chi connectivity index (χ4v) is 2.99. The second kappa shape index (κ2) is 4.62. The Balaban J connectivity index is 2.10. The third kappa shape index (κ3) is 2.19. The van der Waals surface area contributed by atoms with E-state index in [0.29, 0.717) is 11.4 Å². The van der Waals surface area contributed by atoms with E-state index in [2.05, 4.69) is 4.98 Å². The molecule has 0 bridgehead atoms. The van der Waals surface area contributed by atoms with Crippen LogP contribution in [-0.4, -0.2) is 16.1 Å². The summed E-state index contributed by atoms with van der Waals surface area (Å²) in [5.41, 5.74) is 3.33. The molecule has 0 amide bonds. The lowest BCUT2D eigenvalue weighted by Crippen LogP contribution is -2.08. The Hall–Kier alpha value is -1.84. The number of H-pyrrole nitrogens is 1. The molecule has 4 heteroatoms. The van der Waals surface area contributed by atoms with Gasteiger partial charge in [-0.25, -0.2) is 4.39 Å². The molecule has 1 heterocycles. The number of carbonyl (C=O) groups is 1. The lowest BCUT2D eigenvalue weighted by molar-refractivity contribution is -0.137. The molecule has 3 rings (SSSR count). The zero-order valence-electron chi connectivity index (χ0n) is 11.7. The lowest BCUT2D eigenvalue weighted by Gasteiger charge is -2.15. The first-order valence-corrected chi connectivity index (χ1v) is 6.97. The predicted molar refractivity (Wildman–Crippen MR) is 75.4 cm³/mol. The highest BCUT2D eigenvalue weighted by molar-refractivity contribution is 5.86. The third-order valence-electron chi connectivity index (χ3n) is 4.41. The summed E-state index contributed by atoms with van der Waals surface area (Å²) in [6, 6.07) is 3.47. The summed E-state index contributed by atoms with van der Waals surface area (Å²) in [5.74, 6) is -0.779. The number of carboxylic acid groups (broad SMARTS) is 1. The maximum Gasteiger partial charge on any atom is 0.303 e. The molecule has 2 aromatic rings. The SMILES string of the molecule is Cc1[nH]c2c(F)cc(C(CC(=O)O)C3CC3)cc2c1C. The Morgan fingerprint density at radius 2 is 2.15 bits per heavy atom. The molecule has 1 saturated carbocycles. The maximum atomic E-state index is 14.2. The summed E-state index contributed by atoms with van der Waals surface area (Å²) < 4.78 is 14.2. The summed E-state index contributed by atoms with van der Waals surface area (Å²) in [5, 5.41) is 9.93. The van der Waals surface area contributed by atoms with Crippen molar-refractivity contribution < 1.29 is 14.3 Å². The molecule has 1 aliphatic carbocycles. The van der Waals surface area contributed by atoms with Gasteiger partial charge in [-0.2, -0.15) is 0 Å². The molecule has 20 heavy (non-hydrogen) atoms. The number of aliphatic carboxylic acids is 1. The first kappa shape index (κ1) is 13.2. The first-order valence-electron chi connectivity index (χ1n) is 6.97. The van der Waals surface area contributed by atoms with Crippen LogP contribution in [0.3, 0.4) is 0 Å². The Labute approximate surface area is 116 Å². The molecule has 1 aromatic carbocycles. The van der Waals surface area contributed by atoms with E-state index in [0.717, 1.165) is 35.0 Å². The highest BCUT2D eigenvalue weighted by Crippen LogP contribution is 2.45. The normalized spacial score (nSPS) is 16.6. The van der Waals surface area contributed by atoms with E-state index in [9.17, 15) is 9.18 Å². The number of benzene rings is 1. The molecule has 3 nitrogen and oxygen atoms in total. The van der Waals surface area contributed by atoms with Gasteiger partial charge in [0.05, 0.1) is 11.9 Å². The largest absolute Gasteiger partial charge is 0.481 e. The van der Waals surface area contributed by atoms with Crippen molar-refractivity contribution in [2.75, 3.05) is 0 Å². The van der Waals surface area contributed by atoms with Crippen molar-refractivity contribution in [2.24, 2.45) is 5.92 Å². The molecule has 0 spiro atoms. The summed E-state index contributed by atoms with van der Waals surface area (Å²) in [4.78, 5) is 14.1. The summed E-state index contributed by atoms with van der Waals surface area (Å²) in [7, 11) is 0. The molecule has 1 unspecified atom stereocenters. The number of aromatic nitrogens is 1. The average Bonchev–Trinajstić information content (AvgIpc) is 3.17. The number of aryl methyl sites for hydroxylation is 2. The predicted octanol–water partition coefficient (Wildman–Crippen LogP) is 3.89. The van der Waals surface area contributed by atoms with Gasteiger partial charge in [0.2, 0.25) is 0 Å². The molecule has 106 valence electrons. The maximum absolute atomic E-state index is 14.2. The fourth-order valence-electron chi connectivity index (χ4n) is 2.99. The number of nitrogens with one attached hydrogen (secondary N) is 1. The van der Waals surface area contributed by atoms with Gasteiger partial charge in [-0.05, 0) is 61.8 Å². The van der Waals surface area contributed by atoms with E-state index >= 15 is 0 Å². The van der Waals surface area contributed by atoms with Crippen LogP contribution in [0.2, 0.25) is 0 Å². The average molecular weight is 275 g/mol. The van der Waals surface area contributed by atoms with Crippen LogP contribution in [0.1, 0.15) is 42.0 Å². The van der Waals surface area contributed by atoms with Crippen LogP contribution in [0.5, 0.6) is 0 Å². The van der Waals surface area contributed by atoms with Crippen molar-refractivity contribution in [3.63, 3.8) is 0 Å². The Bertz CT molecular complexity index is 685. The number of hydrogen-bond donors (Lipinski definition) is 2. The van der Waals surface area contributed by atoms with E-state index < -0.39 is 5.97 Å². The van der Waals surface area contributed by atoms with Crippen molar-refractivity contribution in [3.8, 4) is 0 Å². The minimum atomic E-state index is -0.815. The minimum Gasteiger partial charge on any atom is -0.481 e. The zero-order chi connectivity index (χ0) is 14.4. The molecular formula is C16H18FNO2. The van der Waals surface area contributed by atoms with Crippen LogP contribution in [-0.2, 0) is 4.79 Å². The monoisotopic (exact) mass is 275 g/mol. The van der Waals surface area contributed by atoms with Gasteiger partial charge in [-0.3, -0.25) is 4.79 Å². The molecular weight excluding hydrogens is 257 g/mol. The standard InChI is InChI=1S/C16H18FNO2/c1-8-9(2)18-16-12(8)5-11(6-14(16)17)13(7-15(19)20)10-3-4-10/h5-6,10,13,18H,3-4,7H2,1-2H3,(H,19,20). The summed E-state index contributed by atoms with van der Waals surface area (Å²) in [6.45, 7) is 3.88. The van der Waals surface area contributed by atoms with Gasteiger partial charge < -0.3 is 10.1 Å². The quantitative estimate of drug-likeness (QED) is 0.889. The number of halogens is 1. The van der Waals surface area contributed by atoms with Crippen molar-refractivity contribution in [1.82, 2.24) is 4.98 Å². The van der Waals surface area contributed by atoms with Crippen LogP contribution < -0.4 is 0 Å². The van der Waals surface area contributed by atoms with Crippen molar-refractivity contribution >= 4 is 16.9 Å². The first-order chi connectivity index (χ1) is 9.47. The Kier molecular flexibility index (Phi) is 3.04. The third-order valence-corrected chi connectivity index (χ3v) is 4.41. The molecule has 1 aliphatic rings. The summed E-state index contributed by atoms with van der Waals surface area (Å²) >= 11 is 0. The molecule has 1 atom stereocenters. The Morgan fingerprint density at radius 3 is 2.75 bits per heavy atom. The molecule has 0 aliphatic heterocycles. The molecule has 0 saturated heterocycles. The fraction of sp³-hybridized carbons (Fsp3) is 0.438. The van der Waals surface area contributed by atoms with Gasteiger partial charge in [0.25, 0.3) is 0 Å². The lowest BCUT2D eigenvalue weighted by atomic mass is 9.90. The second-order valence-corrected chi connectivity index (χ2v) is 5.84. The zero-order valence-corrected chi connectivity index (χ0v) is 11.7. The van der Waals surface area contributed by atoms with E-state index in [4.69, 9.17) is 5.11 Å². The van der Waals surface area contributed by atoms with Gasteiger partial charge in [0, 0.05) is 11.1 Å². The van der Waals surface area contributed by atoms with Gasteiger partial charge >= 0.3 is 5.97 Å². The molecule has 1 aromatic heterocycles. The minimum absolute atomic E-state index is 0.0685. The summed E-state index contributed by atoms with van der Waals surface area (Å²) in [6.07, 6.45) is 2.17. The van der Waals surface area contributed by atoms with E-state index in [-0.39, 0.29) is 18.2 Å². The number of aromatic amines is 1. The molecule has 0 radical (unpaired) electrons. The van der Waals surface area contributed by atoms with Crippen LogP contribution in [0.15, 0.2) is 12.1 Å². The van der Waals surface area contributed by atoms with Crippen LogP contribution in [0, 0.1) is 25.6 Å².